The average Bonchev–Trinajstić information content (AvgIpc) is 2.96. The number of aryl methyl sites for hydroxylation is 1. The van der Waals surface area contributed by atoms with E-state index in [9.17, 15) is 13.5 Å². The summed E-state index contributed by atoms with van der Waals surface area (Å²) in [7, 11) is -4.09. The van der Waals surface area contributed by atoms with Crippen molar-refractivity contribution in [2.45, 2.75) is 13.5 Å². The van der Waals surface area contributed by atoms with Crippen molar-refractivity contribution in [2.24, 2.45) is 0 Å². The van der Waals surface area contributed by atoms with E-state index in [0.29, 0.717) is 5.39 Å². The van der Waals surface area contributed by atoms with Crippen molar-refractivity contribution in [1.29, 1.82) is 0 Å². The molecule has 0 amide bonds. The lowest BCUT2D eigenvalue weighted by Crippen LogP contribution is -2.08. The van der Waals surface area contributed by atoms with Gasteiger partial charge >= 0.3 is 10.4 Å². The van der Waals surface area contributed by atoms with Gasteiger partial charge in [-0.3, -0.25) is 0 Å². The molecule has 6 heteroatoms. The molecule has 130 valence electrons. The van der Waals surface area contributed by atoms with Crippen LogP contribution in [0.5, 0.6) is 11.5 Å². The molecular formula is C20H14O5S. The van der Waals surface area contributed by atoms with E-state index in [-0.39, 0.29) is 18.1 Å². The molecule has 0 fully saturated rings. The van der Waals surface area contributed by atoms with E-state index in [2.05, 4.69) is 0 Å². The minimum absolute atomic E-state index is 0.118. The van der Waals surface area contributed by atoms with Crippen LogP contribution in [0.15, 0.2) is 48.5 Å². The Labute approximate surface area is 149 Å². The largest absolute Gasteiger partial charge is 0.501 e. The summed E-state index contributed by atoms with van der Waals surface area (Å²) >= 11 is 0. The summed E-state index contributed by atoms with van der Waals surface area (Å²) < 4.78 is 33.7. The molecule has 1 aliphatic heterocycles. The Bertz CT molecular complexity index is 1340. The summed E-state index contributed by atoms with van der Waals surface area (Å²) in [5.74, 6) is 0.387. The van der Waals surface area contributed by atoms with Crippen molar-refractivity contribution in [3.8, 4) is 11.5 Å². The van der Waals surface area contributed by atoms with E-state index in [4.69, 9.17) is 8.37 Å². The highest BCUT2D eigenvalue weighted by molar-refractivity contribution is 7.82. The number of aliphatic hydroxyl groups excluding tert-OH is 1. The van der Waals surface area contributed by atoms with Crippen LogP contribution in [0.25, 0.3) is 32.3 Å². The number of rotatable bonds is 1. The molecular weight excluding hydrogens is 352 g/mol. The Morgan fingerprint density at radius 2 is 1.62 bits per heavy atom. The standard InChI is InChI=1S/C20H14O5S/c1-11-13-4-2-3-5-14(13)16(10-21)15-8-6-12-7-9-17-20(19(12)18(11)15)25-26(22,23)24-17/h2-9,21H,10H2,1H3. The molecule has 4 aromatic rings. The maximum atomic E-state index is 11.8. The van der Waals surface area contributed by atoms with Gasteiger partial charge in [-0.25, -0.2) is 0 Å². The lowest BCUT2D eigenvalue weighted by molar-refractivity contribution is 0.285. The first kappa shape index (κ1) is 15.4. The third kappa shape index (κ3) is 1.97. The van der Waals surface area contributed by atoms with Gasteiger partial charge in [-0.15, -0.1) is 8.42 Å². The second-order valence-electron chi connectivity index (χ2n) is 6.36. The zero-order valence-electron chi connectivity index (χ0n) is 13.8. The molecule has 0 aromatic heterocycles. The molecule has 4 aromatic carbocycles. The average molecular weight is 366 g/mol. The first-order valence-electron chi connectivity index (χ1n) is 8.14. The first-order chi connectivity index (χ1) is 12.5. The Morgan fingerprint density at radius 3 is 2.38 bits per heavy atom. The van der Waals surface area contributed by atoms with Gasteiger partial charge < -0.3 is 13.5 Å². The summed E-state index contributed by atoms with van der Waals surface area (Å²) in [6.45, 7) is 1.88. The molecule has 0 saturated carbocycles. The van der Waals surface area contributed by atoms with Crippen molar-refractivity contribution < 1.29 is 21.9 Å². The number of hydrogen-bond acceptors (Lipinski definition) is 5. The van der Waals surface area contributed by atoms with Gasteiger partial charge in [0, 0.05) is 5.39 Å². The number of fused-ring (bicyclic) bond motifs is 6. The molecule has 1 heterocycles. The van der Waals surface area contributed by atoms with Crippen LogP contribution >= 0.6 is 0 Å². The minimum atomic E-state index is -4.09. The Kier molecular flexibility index (Phi) is 3.02. The number of aliphatic hydroxyl groups is 1. The van der Waals surface area contributed by atoms with Crippen molar-refractivity contribution in [2.75, 3.05) is 0 Å². The molecule has 0 radical (unpaired) electrons. The van der Waals surface area contributed by atoms with Crippen LogP contribution in [0.4, 0.5) is 0 Å². The van der Waals surface area contributed by atoms with Crippen LogP contribution in [0.1, 0.15) is 11.1 Å². The second-order valence-corrected chi connectivity index (χ2v) is 7.51. The van der Waals surface area contributed by atoms with E-state index < -0.39 is 10.4 Å². The highest BCUT2D eigenvalue weighted by atomic mass is 32.3. The number of benzene rings is 4. The lowest BCUT2D eigenvalue weighted by Gasteiger charge is -2.16. The highest BCUT2D eigenvalue weighted by Crippen LogP contribution is 2.47. The highest BCUT2D eigenvalue weighted by Gasteiger charge is 2.31. The van der Waals surface area contributed by atoms with Crippen molar-refractivity contribution in [3.05, 3.63) is 59.7 Å². The molecule has 1 N–H and O–H groups in total. The van der Waals surface area contributed by atoms with Crippen LogP contribution in [-0.4, -0.2) is 13.5 Å². The fraction of sp³-hybridized carbons (Fsp3) is 0.100. The lowest BCUT2D eigenvalue weighted by atomic mass is 9.89. The van der Waals surface area contributed by atoms with Gasteiger partial charge in [-0.2, -0.15) is 0 Å². The van der Waals surface area contributed by atoms with Gasteiger partial charge in [0.2, 0.25) is 0 Å². The molecule has 0 spiro atoms. The smallest absolute Gasteiger partial charge is 0.392 e. The van der Waals surface area contributed by atoms with Crippen molar-refractivity contribution in [1.82, 2.24) is 0 Å². The molecule has 0 bridgehead atoms. The monoisotopic (exact) mass is 366 g/mol. The SMILES string of the molecule is Cc1c2ccccc2c(CO)c2ccc3ccc4c(c3c12)OS(=O)(=O)O4. The van der Waals surface area contributed by atoms with Crippen LogP contribution in [-0.2, 0) is 17.0 Å². The first-order valence-corrected chi connectivity index (χ1v) is 9.48. The van der Waals surface area contributed by atoms with Crippen LogP contribution in [0.3, 0.4) is 0 Å². The zero-order valence-corrected chi connectivity index (χ0v) is 14.6. The summed E-state index contributed by atoms with van der Waals surface area (Å²) in [6.07, 6.45) is 0. The Hall–Kier alpha value is -2.83. The third-order valence-corrected chi connectivity index (χ3v) is 5.75. The summed E-state index contributed by atoms with van der Waals surface area (Å²) in [4.78, 5) is 0. The topological polar surface area (TPSA) is 72.8 Å². The molecule has 5 rings (SSSR count). The molecule has 0 unspecified atom stereocenters. The maximum absolute atomic E-state index is 11.8. The summed E-state index contributed by atoms with van der Waals surface area (Å²) in [6, 6.07) is 15.1. The van der Waals surface area contributed by atoms with Crippen LogP contribution < -0.4 is 8.37 Å². The van der Waals surface area contributed by atoms with Gasteiger partial charge in [-0.1, -0.05) is 42.5 Å². The Balaban J connectivity index is 2.08. The van der Waals surface area contributed by atoms with E-state index >= 15 is 0 Å². The molecule has 26 heavy (non-hydrogen) atoms. The second kappa shape index (κ2) is 5.09. The fourth-order valence-corrected chi connectivity index (χ4v) is 4.66. The number of hydrogen-bond donors (Lipinski definition) is 1. The molecule has 0 atom stereocenters. The van der Waals surface area contributed by atoms with Gasteiger partial charge in [0.05, 0.1) is 6.61 Å². The summed E-state index contributed by atoms with van der Waals surface area (Å²) in [5.41, 5.74) is 1.81. The van der Waals surface area contributed by atoms with Gasteiger partial charge in [-0.05, 0) is 51.0 Å². The molecule has 1 aliphatic rings. The maximum Gasteiger partial charge on any atom is 0.501 e. The van der Waals surface area contributed by atoms with E-state index in [1.807, 2.05) is 49.4 Å². The van der Waals surface area contributed by atoms with Gasteiger partial charge in [0.1, 0.15) is 0 Å². The predicted molar refractivity (Wildman–Crippen MR) is 99.8 cm³/mol. The van der Waals surface area contributed by atoms with Crippen molar-refractivity contribution >= 4 is 42.7 Å². The summed E-state index contributed by atoms with van der Waals surface area (Å²) in [5, 5.41) is 15.3. The predicted octanol–water partition coefficient (Wildman–Crippen LogP) is 3.96. The molecule has 0 aliphatic carbocycles. The molecule has 0 saturated heterocycles. The molecule has 5 nitrogen and oxygen atoms in total. The van der Waals surface area contributed by atoms with Crippen LogP contribution in [0.2, 0.25) is 0 Å². The zero-order chi connectivity index (χ0) is 18.1. The quantitative estimate of drug-likeness (QED) is 0.408. The van der Waals surface area contributed by atoms with E-state index in [0.717, 1.165) is 38.1 Å². The van der Waals surface area contributed by atoms with Crippen LogP contribution in [0, 0.1) is 6.92 Å². The normalized spacial score (nSPS) is 15.2. The Morgan fingerprint density at radius 1 is 0.885 bits per heavy atom. The minimum Gasteiger partial charge on any atom is -0.392 e. The van der Waals surface area contributed by atoms with E-state index in [1.165, 1.54) is 0 Å². The van der Waals surface area contributed by atoms with Crippen molar-refractivity contribution in [3.63, 3.8) is 0 Å². The van der Waals surface area contributed by atoms with Gasteiger partial charge in [0.15, 0.2) is 11.5 Å². The third-order valence-electron chi connectivity index (χ3n) is 4.99. The van der Waals surface area contributed by atoms with Gasteiger partial charge in [0.25, 0.3) is 0 Å². The van der Waals surface area contributed by atoms with E-state index in [1.54, 1.807) is 6.07 Å². The fourth-order valence-electron chi connectivity index (χ4n) is 3.91.